The van der Waals surface area contributed by atoms with E-state index in [2.05, 4.69) is 0 Å². The Morgan fingerprint density at radius 3 is 2.36 bits per heavy atom. The molecule has 0 aliphatic heterocycles. The van der Waals surface area contributed by atoms with E-state index in [4.69, 9.17) is 5.73 Å². The molecule has 0 saturated carbocycles. The van der Waals surface area contributed by atoms with Gasteiger partial charge in [0.25, 0.3) is 0 Å². The lowest BCUT2D eigenvalue weighted by atomic mass is 9.97. The van der Waals surface area contributed by atoms with Gasteiger partial charge in [0, 0.05) is 18.0 Å². The molecular formula is C12H17NO. The molecule has 1 rings (SSSR count). The molecule has 1 atom stereocenters. The molecule has 2 heteroatoms. The van der Waals surface area contributed by atoms with E-state index in [1.54, 1.807) is 0 Å². The van der Waals surface area contributed by atoms with Crippen molar-refractivity contribution in [1.82, 2.24) is 0 Å². The van der Waals surface area contributed by atoms with Crippen molar-refractivity contribution in [3.8, 4) is 0 Å². The van der Waals surface area contributed by atoms with Gasteiger partial charge in [0.05, 0.1) is 0 Å². The zero-order valence-corrected chi connectivity index (χ0v) is 8.73. The SMILES string of the molecule is CC(C)C(N)CC(=O)c1ccccc1. The average Bonchev–Trinajstić information content (AvgIpc) is 2.19. The molecule has 0 radical (unpaired) electrons. The fourth-order valence-electron chi connectivity index (χ4n) is 1.19. The molecule has 1 aromatic carbocycles. The van der Waals surface area contributed by atoms with Gasteiger partial charge in [-0.1, -0.05) is 44.2 Å². The maximum Gasteiger partial charge on any atom is 0.164 e. The number of hydrogen-bond acceptors (Lipinski definition) is 2. The van der Waals surface area contributed by atoms with Gasteiger partial charge in [0.15, 0.2) is 5.78 Å². The zero-order chi connectivity index (χ0) is 10.6. The van der Waals surface area contributed by atoms with Crippen molar-refractivity contribution in [2.45, 2.75) is 26.3 Å². The Balaban J connectivity index is 2.60. The summed E-state index contributed by atoms with van der Waals surface area (Å²) in [6, 6.07) is 9.26. The number of hydrogen-bond donors (Lipinski definition) is 1. The number of carbonyl (C=O) groups is 1. The highest BCUT2D eigenvalue weighted by Crippen LogP contribution is 2.09. The van der Waals surface area contributed by atoms with Gasteiger partial charge < -0.3 is 5.73 Å². The minimum absolute atomic E-state index is 0.0392. The summed E-state index contributed by atoms with van der Waals surface area (Å²) in [5.41, 5.74) is 6.59. The van der Waals surface area contributed by atoms with E-state index in [1.165, 1.54) is 0 Å². The molecule has 76 valence electrons. The molecule has 2 nitrogen and oxygen atoms in total. The molecule has 1 unspecified atom stereocenters. The van der Waals surface area contributed by atoms with Crippen molar-refractivity contribution in [3.05, 3.63) is 35.9 Å². The topological polar surface area (TPSA) is 43.1 Å². The Labute approximate surface area is 85.1 Å². The predicted octanol–water partition coefficient (Wildman–Crippen LogP) is 2.24. The molecule has 1 aromatic rings. The van der Waals surface area contributed by atoms with E-state index in [0.717, 1.165) is 5.56 Å². The second kappa shape index (κ2) is 4.91. The maximum atomic E-state index is 11.7. The van der Waals surface area contributed by atoms with Crippen molar-refractivity contribution >= 4 is 5.78 Å². The smallest absolute Gasteiger partial charge is 0.164 e. The van der Waals surface area contributed by atoms with E-state index in [1.807, 2.05) is 44.2 Å². The fourth-order valence-corrected chi connectivity index (χ4v) is 1.19. The third kappa shape index (κ3) is 2.96. The van der Waals surface area contributed by atoms with Crippen LogP contribution in [0.4, 0.5) is 0 Å². The van der Waals surface area contributed by atoms with Crippen LogP contribution in [-0.4, -0.2) is 11.8 Å². The quantitative estimate of drug-likeness (QED) is 0.742. The van der Waals surface area contributed by atoms with E-state index in [0.29, 0.717) is 12.3 Å². The van der Waals surface area contributed by atoms with Gasteiger partial charge in [-0.15, -0.1) is 0 Å². The number of rotatable bonds is 4. The van der Waals surface area contributed by atoms with Crippen LogP contribution in [-0.2, 0) is 0 Å². The van der Waals surface area contributed by atoms with Gasteiger partial charge in [0.2, 0.25) is 0 Å². The number of ketones is 1. The third-order valence-corrected chi connectivity index (χ3v) is 2.37. The number of Topliss-reactive ketones (excluding diaryl/α,β-unsaturated/α-hetero) is 1. The Morgan fingerprint density at radius 1 is 1.29 bits per heavy atom. The summed E-state index contributed by atoms with van der Waals surface area (Å²) in [4.78, 5) is 11.7. The molecule has 0 spiro atoms. The van der Waals surface area contributed by atoms with Crippen LogP contribution in [0.1, 0.15) is 30.6 Å². The van der Waals surface area contributed by atoms with Crippen molar-refractivity contribution in [3.63, 3.8) is 0 Å². The van der Waals surface area contributed by atoms with Crippen LogP contribution in [0, 0.1) is 5.92 Å². The summed E-state index contributed by atoms with van der Waals surface area (Å²) in [6.07, 6.45) is 0.432. The summed E-state index contributed by atoms with van der Waals surface area (Å²) in [5.74, 6) is 0.481. The maximum absolute atomic E-state index is 11.7. The zero-order valence-electron chi connectivity index (χ0n) is 8.73. The van der Waals surface area contributed by atoms with E-state index < -0.39 is 0 Å². The van der Waals surface area contributed by atoms with Gasteiger partial charge in [-0.3, -0.25) is 4.79 Å². The normalized spacial score (nSPS) is 12.9. The predicted molar refractivity (Wildman–Crippen MR) is 58.2 cm³/mol. The van der Waals surface area contributed by atoms with Crippen LogP contribution in [0.5, 0.6) is 0 Å². The molecular weight excluding hydrogens is 174 g/mol. The van der Waals surface area contributed by atoms with Crippen molar-refractivity contribution in [1.29, 1.82) is 0 Å². The average molecular weight is 191 g/mol. The van der Waals surface area contributed by atoms with Gasteiger partial charge in [-0.2, -0.15) is 0 Å². The highest BCUT2D eigenvalue weighted by molar-refractivity contribution is 5.96. The van der Waals surface area contributed by atoms with Crippen LogP contribution in [0.15, 0.2) is 30.3 Å². The Bertz CT molecular complexity index is 292. The first kappa shape index (κ1) is 10.9. The van der Waals surface area contributed by atoms with Gasteiger partial charge in [0.1, 0.15) is 0 Å². The van der Waals surface area contributed by atoms with Gasteiger partial charge >= 0.3 is 0 Å². The van der Waals surface area contributed by atoms with E-state index in [9.17, 15) is 4.79 Å². The number of benzene rings is 1. The third-order valence-electron chi connectivity index (χ3n) is 2.37. The highest BCUT2D eigenvalue weighted by atomic mass is 16.1. The highest BCUT2D eigenvalue weighted by Gasteiger charge is 2.13. The van der Waals surface area contributed by atoms with E-state index >= 15 is 0 Å². The summed E-state index contributed by atoms with van der Waals surface area (Å²) in [6.45, 7) is 4.06. The molecule has 0 saturated heterocycles. The molecule has 0 amide bonds. The lowest BCUT2D eigenvalue weighted by molar-refractivity contribution is 0.0967. The summed E-state index contributed by atoms with van der Waals surface area (Å²) in [7, 11) is 0. The largest absolute Gasteiger partial charge is 0.327 e. The Kier molecular flexibility index (Phi) is 3.84. The van der Waals surface area contributed by atoms with Gasteiger partial charge in [-0.05, 0) is 5.92 Å². The minimum Gasteiger partial charge on any atom is -0.327 e. The monoisotopic (exact) mass is 191 g/mol. The molecule has 14 heavy (non-hydrogen) atoms. The Hall–Kier alpha value is -1.15. The van der Waals surface area contributed by atoms with Crippen molar-refractivity contribution in [2.75, 3.05) is 0 Å². The molecule has 0 aliphatic carbocycles. The molecule has 0 aliphatic rings. The van der Waals surface area contributed by atoms with Gasteiger partial charge in [-0.25, -0.2) is 0 Å². The molecule has 0 bridgehead atoms. The van der Waals surface area contributed by atoms with Crippen LogP contribution < -0.4 is 5.73 Å². The standard InChI is InChI=1S/C12H17NO/c1-9(2)11(13)8-12(14)10-6-4-3-5-7-10/h3-7,9,11H,8,13H2,1-2H3. The lowest BCUT2D eigenvalue weighted by Gasteiger charge is -2.14. The van der Waals surface area contributed by atoms with Crippen LogP contribution >= 0.6 is 0 Å². The Morgan fingerprint density at radius 2 is 1.86 bits per heavy atom. The van der Waals surface area contributed by atoms with Crippen molar-refractivity contribution < 1.29 is 4.79 Å². The number of nitrogens with two attached hydrogens (primary N) is 1. The van der Waals surface area contributed by atoms with Crippen LogP contribution in [0.2, 0.25) is 0 Å². The summed E-state index contributed by atoms with van der Waals surface area (Å²) in [5, 5.41) is 0. The van der Waals surface area contributed by atoms with Crippen LogP contribution in [0.25, 0.3) is 0 Å². The van der Waals surface area contributed by atoms with E-state index in [-0.39, 0.29) is 11.8 Å². The second-order valence-electron chi connectivity index (χ2n) is 3.90. The first-order valence-electron chi connectivity index (χ1n) is 4.95. The first-order chi connectivity index (χ1) is 6.61. The lowest BCUT2D eigenvalue weighted by Crippen LogP contribution is -2.29. The fraction of sp³-hybridized carbons (Fsp3) is 0.417. The minimum atomic E-state index is -0.0392. The summed E-state index contributed by atoms with van der Waals surface area (Å²) >= 11 is 0. The van der Waals surface area contributed by atoms with Crippen LogP contribution in [0.3, 0.4) is 0 Å². The number of carbonyl (C=O) groups excluding carboxylic acids is 1. The second-order valence-corrected chi connectivity index (χ2v) is 3.90. The van der Waals surface area contributed by atoms with Crippen molar-refractivity contribution in [2.24, 2.45) is 11.7 Å². The summed E-state index contributed by atoms with van der Waals surface area (Å²) < 4.78 is 0. The molecule has 0 aromatic heterocycles. The molecule has 0 heterocycles. The molecule has 2 N–H and O–H groups in total. The molecule has 0 fully saturated rings. The first-order valence-corrected chi connectivity index (χ1v) is 4.95.